The Morgan fingerprint density at radius 1 is 1.40 bits per heavy atom. The number of halogens is 2. The molecule has 0 spiro atoms. The van der Waals surface area contributed by atoms with Gasteiger partial charge in [0.15, 0.2) is 0 Å². The second-order valence-corrected chi connectivity index (χ2v) is 4.75. The third-order valence-electron chi connectivity index (χ3n) is 2.02. The van der Waals surface area contributed by atoms with Crippen LogP contribution in [0, 0.1) is 0 Å². The van der Waals surface area contributed by atoms with Crippen molar-refractivity contribution in [2.24, 2.45) is 0 Å². The minimum absolute atomic E-state index is 0.120. The van der Waals surface area contributed by atoms with Gasteiger partial charge in [0, 0.05) is 22.5 Å². The number of rotatable bonds is 2. The van der Waals surface area contributed by atoms with Gasteiger partial charge in [-0.15, -0.1) is 0 Å². The molecule has 0 aliphatic carbocycles. The lowest BCUT2D eigenvalue weighted by Gasteiger charge is -2.17. The Balaban J connectivity index is 2.85. The van der Waals surface area contributed by atoms with Gasteiger partial charge in [-0.3, -0.25) is 0 Å². The SMILES string of the molecule is CCN(C)C(=O)Nc1c(Br)cccc1Br. The first-order valence-electron chi connectivity index (χ1n) is 4.52. The lowest BCUT2D eigenvalue weighted by atomic mass is 10.3. The average Bonchev–Trinajstić information content (AvgIpc) is 2.22. The van der Waals surface area contributed by atoms with Gasteiger partial charge in [0.25, 0.3) is 0 Å². The number of amides is 2. The van der Waals surface area contributed by atoms with E-state index in [1.807, 2.05) is 25.1 Å². The zero-order valence-electron chi connectivity index (χ0n) is 8.55. The van der Waals surface area contributed by atoms with Crippen LogP contribution in [-0.4, -0.2) is 24.5 Å². The summed E-state index contributed by atoms with van der Waals surface area (Å²) < 4.78 is 1.71. The van der Waals surface area contributed by atoms with Crippen molar-refractivity contribution in [3.8, 4) is 0 Å². The number of carbonyl (C=O) groups is 1. The quantitative estimate of drug-likeness (QED) is 0.878. The zero-order chi connectivity index (χ0) is 11.4. The fourth-order valence-corrected chi connectivity index (χ4v) is 2.16. The molecule has 0 unspecified atom stereocenters. The highest BCUT2D eigenvalue weighted by molar-refractivity contribution is 9.11. The molecule has 0 saturated heterocycles. The van der Waals surface area contributed by atoms with Crippen LogP contribution in [0.15, 0.2) is 27.1 Å². The number of hydrogen-bond acceptors (Lipinski definition) is 1. The molecule has 3 nitrogen and oxygen atoms in total. The van der Waals surface area contributed by atoms with E-state index in [2.05, 4.69) is 37.2 Å². The van der Waals surface area contributed by atoms with Gasteiger partial charge in [0.1, 0.15) is 0 Å². The minimum Gasteiger partial charge on any atom is -0.328 e. The number of benzene rings is 1. The van der Waals surface area contributed by atoms with E-state index in [0.29, 0.717) is 6.54 Å². The van der Waals surface area contributed by atoms with E-state index >= 15 is 0 Å². The van der Waals surface area contributed by atoms with Crippen molar-refractivity contribution < 1.29 is 4.79 Å². The molecular formula is C10H12Br2N2O. The average molecular weight is 336 g/mol. The molecule has 0 fully saturated rings. The first-order valence-corrected chi connectivity index (χ1v) is 6.11. The summed E-state index contributed by atoms with van der Waals surface area (Å²) in [4.78, 5) is 13.2. The van der Waals surface area contributed by atoms with Crippen molar-refractivity contribution in [3.63, 3.8) is 0 Å². The molecule has 0 aliphatic heterocycles. The summed E-state index contributed by atoms with van der Waals surface area (Å²) >= 11 is 6.77. The van der Waals surface area contributed by atoms with Crippen molar-refractivity contribution in [3.05, 3.63) is 27.1 Å². The first-order chi connectivity index (χ1) is 7.06. The summed E-state index contributed by atoms with van der Waals surface area (Å²) in [6.45, 7) is 2.60. The fraction of sp³-hybridized carbons (Fsp3) is 0.300. The molecule has 0 saturated carbocycles. The van der Waals surface area contributed by atoms with Gasteiger partial charge >= 0.3 is 6.03 Å². The fourth-order valence-electron chi connectivity index (χ4n) is 0.963. The van der Waals surface area contributed by atoms with E-state index in [1.165, 1.54) is 0 Å². The minimum atomic E-state index is -0.120. The molecule has 1 N–H and O–H groups in total. The molecule has 0 radical (unpaired) electrons. The van der Waals surface area contributed by atoms with Gasteiger partial charge in [-0.2, -0.15) is 0 Å². The zero-order valence-corrected chi connectivity index (χ0v) is 11.7. The molecule has 0 bridgehead atoms. The Kier molecular flexibility index (Phi) is 4.60. The normalized spacial score (nSPS) is 9.87. The summed E-state index contributed by atoms with van der Waals surface area (Å²) in [6, 6.07) is 5.54. The van der Waals surface area contributed by atoms with Gasteiger partial charge in [-0.1, -0.05) is 6.07 Å². The molecule has 0 atom stereocenters. The van der Waals surface area contributed by atoms with Gasteiger partial charge in [-0.05, 0) is 50.9 Å². The summed E-state index contributed by atoms with van der Waals surface area (Å²) in [6.07, 6.45) is 0. The van der Waals surface area contributed by atoms with Crippen LogP contribution in [0.4, 0.5) is 10.5 Å². The predicted octanol–water partition coefficient (Wildman–Crippen LogP) is 3.70. The van der Waals surface area contributed by atoms with Crippen LogP contribution >= 0.6 is 31.9 Å². The molecule has 15 heavy (non-hydrogen) atoms. The maximum atomic E-state index is 11.6. The Morgan fingerprint density at radius 3 is 2.40 bits per heavy atom. The molecular weight excluding hydrogens is 324 g/mol. The Bertz CT molecular complexity index is 348. The second-order valence-electron chi connectivity index (χ2n) is 3.04. The highest BCUT2D eigenvalue weighted by atomic mass is 79.9. The van der Waals surface area contributed by atoms with Crippen LogP contribution < -0.4 is 5.32 Å². The lowest BCUT2D eigenvalue weighted by molar-refractivity contribution is 0.224. The Hall–Kier alpha value is -0.550. The molecule has 82 valence electrons. The van der Waals surface area contributed by atoms with Crippen molar-refractivity contribution in [2.75, 3.05) is 18.9 Å². The molecule has 1 aromatic rings. The number of carbonyl (C=O) groups excluding carboxylic acids is 1. The lowest BCUT2D eigenvalue weighted by Crippen LogP contribution is -2.31. The number of nitrogens with zero attached hydrogens (tertiary/aromatic N) is 1. The van der Waals surface area contributed by atoms with E-state index < -0.39 is 0 Å². The van der Waals surface area contributed by atoms with Gasteiger partial charge in [-0.25, -0.2) is 4.79 Å². The van der Waals surface area contributed by atoms with Crippen LogP contribution in [0.3, 0.4) is 0 Å². The van der Waals surface area contributed by atoms with E-state index in [1.54, 1.807) is 11.9 Å². The van der Waals surface area contributed by atoms with E-state index in [4.69, 9.17) is 0 Å². The van der Waals surface area contributed by atoms with Crippen LogP contribution in [0.5, 0.6) is 0 Å². The van der Waals surface area contributed by atoms with Crippen LogP contribution in [0.2, 0.25) is 0 Å². The number of anilines is 1. The van der Waals surface area contributed by atoms with Gasteiger partial charge in [0.2, 0.25) is 0 Å². The highest BCUT2D eigenvalue weighted by Crippen LogP contribution is 2.30. The summed E-state index contributed by atoms with van der Waals surface area (Å²) in [7, 11) is 1.75. The smallest absolute Gasteiger partial charge is 0.321 e. The number of para-hydroxylation sites is 1. The van der Waals surface area contributed by atoms with Crippen molar-refractivity contribution in [1.29, 1.82) is 0 Å². The van der Waals surface area contributed by atoms with E-state index in [0.717, 1.165) is 14.6 Å². The molecule has 0 heterocycles. The monoisotopic (exact) mass is 334 g/mol. The molecule has 2 amide bonds. The van der Waals surface area contributed by atoms with Crippen LogP contribution in [0.25, 0.3) is 0 Å². The summed E-state index contributed by atoms with van der Waals surface area (Å²) in [5.74, 6) is 0. The van der Waals surface area contributed by atoms with Crippen molar-refractivity contribution in [2.45, 2.75) is 6.92 Å². The Morgan fingerprint density at radius 2 is 1.93 bits per heavy atom. The van der Waals surface area contributed by atoms with Crippen LogP contribution in [0.1, 0.15) is 6.92 Å². The first kappa shape index (κ1) is 12.5. The maximum absolute atomic E-state index is 11.6. The maximum Gasteiger partial charge on any atom is 0.321 e. The number of urea groups is 1. The largest absolute Gasteiger partial charge is 0.328 e. The molecule has 1 aromatic carbocycles. The molecule has 0 aromatic heterocycles. The second kappa shape index (κ2) is 5.51. The molecule has 5 heteroatoms. The molecule has 0 aliphatic rings. The van der Waals surface area contributed by atoms with E-state index in [-0.39, 0.29) is 6.03 Å². The van der Waals surface area contributed by atoms with E-state index in [9.17, 15) is 4.79 Å². The third kappa shape index (κ3) is 3.21. The Labute approximate surface area is 106 Å². The molecule has 1 rings (SSSR count). The number of hydrogen-bond donors (Lipinski definition) is 1. The third-order valence-corrected chi connectivity index (χ3v) is 3.34. The standard InChI is InChI=1S/C10H12Br2N2O/c1-3-14(2)10(15)13-9-7(11)5-4-6-8(9)12/h4-6H,3H2,1-2H3,(H,13,15). The van der Waals surface area contributed by atoms with Crippen molar-refractivity contribution in [1.82, 2.24) is 4.90 Å². The highest BCUT2D eigenvalue weighted by Gasteiger charge is 2.10. The number of nitrogens with one attached hydrogen (secondary N) is 1. The van der Waals surface area contributed by atoms with Gasteiger partial charge < -0.3 is 10.2 Å². The van der Waals surface area contributed by atoms with Crippen LogP contribution in [-0.2, 0) is 0 Å². The van der Waals surface area contributed by atoms with Gasteiger partial charge in [0.05, 0.1) is 5.69 Å². The topological polar surface area (TPSA) is 32.3 Å². The summed E-state index contributed by atoms with van der Waals surface area (Å²) in [5, 5.41) is 2.82. The van der Waals surface area contributed by atoms with Crippen molar-refractivity contribution >= 4 is 43.6 Å². The summed E-state index contributed by atoms with van der Waals surface area (Å²) in [5.41, 5.74) is 0.753. The predicted molar refractivity (Wildman–Crippen MR) is 69.2 cm³/mol.